The number of esters is 2. The van der Waals surface area contributed by atoms with Crippen LogP contribution in [0.3, 0.4) is 0 Å². The first kappa shape index (κ1) is 30.5. The van der Waals surface area contributed by atoms with Crippen molar-refractivity contribution in [3.05, 3.63) is 44.6 Å². The Morgan fingerprint density at radius 3 is 2.48 bits per heavy atom. The van der Waals surface area contributed by atoms with Gasteiger partial charge in [0.1, 0.15) is 23.8 Å². The molecule has 2 atom stereocenters. The Morgan fingerprint density at radius 1 is 1.12 bits per heavy atom. The first-order valence-corrected chi connectivity index (χ1v) is 13.9. The van der Waals surface area contributed by atoms with Crippen LogP contribution in [0.4, 0.5) is 5.82 Å². The predicted octanol–water partition coefficient (Wildman–Crippen LogP) is 3.38. The summed E-state index contributed by atoms with van der Waals surface area (Å²) in [6.07, 6.45) is 1.39. The summed E-state index contributed by atoms with van der Waals surface area (Å²) in [7, 11) is 0. The molecule has 0 bridgehead atoms. The van der Waals surface area contributed by atoms with Gasteiger partial charge in [-0.1, -0.05) is 20.8 Å². The number of aromatic nitrogens is 3. The van der Waals surface area contributed by atoms with Crippen LogP contribution in [0.1, 0.15) is 75.7 Å². The number of carbonyl (C=O) groups is 4. The van der Waals surface area contributed by atoms with Crippen LogP contribution in [0.2, 0.25) is 0 Å². The summed E-state index contributed by atoms with van der Waals surface area (Å²) < 4.78 is 11.4. The Labute approximate surface area is 235 Å². The Hall–Kier alpha value is -4.00. The molecule has 0 aliphatic rings. The molecule has 3 rings (SSSR count). The number of fused-ring (bicyclic) bond motifs is 1. The lowest BCUT2D eigenvalue weighted by Crippen LogP contribution is -2.42. The van der Waals surface area contributed by atoms with Gasteiger partial charge in [-0.15, -0.1) is 11.3 Å². The molecule has 3 heterocycles. The SMILES string of the molecule is CCOC(=O)CCC(NC(=O)c1cc(C(C)n2cnc3[nH]c(NC(=O)C(C)(C)C)cc3c2=O)cs1)C(=O)OCC. The number of carbonyl (C=O) groups excluding carboxylic acids is 4. The van der Waals surface area contributed by atoms with E-state index >= 15 is 0 Å². The second-order valence-electron chi connectivity index (χ2n) is 10.1. The van der Waals surface area contributed by atoms with Gasteiger partial charge in [0.2, 0.25) is 5.91 Å². The maximum Gasteiger partial charge on any atom is 0.328 e. The zero-order valence-corrected chi connectivity index (χ0v) is 24.3. The molecule has 0 fully saturated rings. The van der Waals surface area contributed by atoms with Gasteiger partial charge < -0.3 is 25.1 Å². The zero-order chi connectivity index (χ0) is 29.6. The van der Waals surface area contributed by atoms with E-state index in [1.807, 2.05) is 0 Å². The van der Waals surface area contributed by atoms with Crippen LogP contribution in [0.25, 0.3) is 11.0 Å². The van der Waals surface area contributed by atoms with Crippen LogP contribution in [0.5, 0.6) is 0 Å². The van der Waals surface area contributed by atoms with E-state index in [0.717, 1.165) is 11.3 Å². The average Bonchev–Trinajstić information content (AvgIpc) is 3.54. The first-order chi connectivity index (χ1) is 18.8. The van der Waals surface area contributed by atoms with E-state index in [0.29, 0.717) is 27.3 Å². The molecule has 3 aromatic rings. The van der Waals surface area contributed by atoms with Crippen LogP contribution >= 0.6 is 11.3 Å². The Morgan fingerprint density at radius 2 is 1.82 bits per heavy atom. The third kappa shape index (κ3) is 7.34. The molecule has 0 spiro atoms. The summed E-state index contributed by atoms with van der Waals surface area (Å²) in [5, 5.41) is 7.47. The molecule has 2 amide bonds. The molecular formula is C27H35N5O7S. The lowest BCUT2D eigenvalue weighted by Gasteiger charge is -2.16. The summed E-state index contributed by atoms with van der Waals surface area (Å²) in [5.41, 5.74) is 0.105. The maximum absolute atomic E-state index is 13.3. The van der Waals surface area contributed by atoms with E-state index in [1.165, 1.54) is 10.9 Å². The van der Waals surface area contributed by atoms with Gasteiger partial charge in [0.25, 0.3) is 11.5 Å². The molecule has 12 nitrogen and oxygen atoms in total. The Balaban J connectivity index is 1.77. The van der Waals surface area contributed by atoms with Crippen molar-refractivity contribution in [3.8, 4) is 0 Å². The van der Waals surface area contributed by atoms with Crippen LogP contribution in [-0.4, -0.2) is 57.5 Å². The number of H-pyrrole nitrogens is 1. The Kier molecular flexibility index (Phi) is 9.85. The fourth-order valence-corrected chi connectivity index (χ4v) is 4.64. The highest BCUT2D eigenvalue weighted by Gasteiger charge is 2.26. The lowest BCUT2D eigenvalue weighted by atomic mass is 9.96. The van der Waals surface area contributed by atoms with Gasteiger partial charge in [-0.3, -0.25) is 23.7 Å². The number of rotatable bonds is 11. The third-order valence-electron chi connectivity index (χ3n) is 6.06. The highest BCUT2D eigenvalue weighted by atomic mass is 32.1. The van der Waals surface area contributed by atoms with Gasteiger partial charge in [0.15, 0.2) is 0 Å². The first-order valence-electron chi connectivity index (χ1n) is 13.0. The molecule has 0 radical (unpaired) electrons. The van der Waals surface area contributed by atoms with Crippen molar-refractivity contribution in [3.63, 3.8) is 0 Å². The zero-order valence-electron chi connectivity index (χ0n) is 23.5. The van der Waals surface area contributed by atoms with Gasteiger partial charge in [-0.05, 0) is 50.3 Å². The van der Waals surface area contributed by atoms with Gasteiger partial charge in [-0.25, -0.2) is 9.78 Å². The summed E-state index contributed by atoms with van der Waals surface area (Å²) >= 11 is 1.16. The summed E-state index contributed by atoms with van der Waals surface area (Å²) in [6.45, 7) is 10.8. The molecule has 216 valence electrons. The molecule has 3 N–H and O–H groups in total. The van der Waals surface area contributed by atoms with Crippen molar-refractivity contribution in [1.82, 2.24) is 19.9 Å². The third-order valence-corrected chi connectivity index (χ3v) is 7.01. The van der Waals surface area contributed by atoms with Crippen molar-refractivity contribution in [2.45, 2.75) is 66.5 Å². The predicted molar refractivity (Wildman–Crippen MR) is 150 cm³/mol. The van der Waals surface area contributed by atoms with E-state index in [4.69, 9.17) is 9.47 Å². The van der Waals surface area contributed by atoms with Crippen LogP contribution in [-0.2, 0) is 23.9 Å². The Bertz CT molecular complexity index is 1450. The number of ether oxygens (including phenoxy) is 2. The largest absolute Gasteiger partial charge is 0.466 e. The molecule has 0 aliphatic heterocycles. The standard InChI is InChI=1S/C27H35N5O7S/c1-7-38-21(33)10-9-18(25(36)39-8-2)29-23(34)19-11-16(13-40-19)15(3)32-14-28-22-17(24(32)35)12-20(30-22)31-26(37)27(4,5)6/h11-15,18,30H,7-10H2,1-6H3,(H,29,34)(H,31,37). The van der Waals surface area contributed by atoms with Crippen LogP contribution < -0.4 is 16.2 Å². The molecule has 40 heavy (non-hydrogen) atoms. The fourth-order valence-electron chi connectivity index (χ4n) is 3.74. The number of hydrogen-bond acceptors (Lipinski definition) is 9. The lowest BCUT2D eigenvalue weighted by molar-refractivity contribution is -0.146. The smallest absolute Gasteiger partial charge is 0.328 e. The van der Waals surface area contributed by atoms with Crippen molar-refractivity contribution in [2.24, 2.45) is 5.41 Å². The molecule has 2 unspecified atom stereocenters. The van der Waals surface area contributed by atoms with E-state index in [-0.39, 0.29) is 37.5 Å². The monoisotopic (exact) mass is 573 g/mol. The molecule has 0 saturated carbocycles. The highest BCUT2D eigenvalue weighted by molar-refractivity contribution is 7.12. The van der Waals surface area contributed by atoms with E-state index in [1.54, 1.807) is 59.1 Å². The maximum atomic E-state index is 13.3. The topological polar surface area (TPSA) is 161 Å². The van der Waals surface area contributed by atoms with E-state index < -0.39 is 35.3 Å². The minimum Gasteiger partial charge on any atom is -0.466 e. The quantitative estimate of drug-likeness (QED) is 0.294. The van der Waals surface area contributed by atoms with Crippen molar-refractivity contribution < 1.29 is 28.7 Å². The van der Waals surface area contributed by atoms with Crippen molar-refractivity contribution >= 4 is 51.9 Å². The molecule has 3 aromatic heterocycles. The second-order valence-corrected chi connectivity index (χ2v) is 11.1. The van der Waals surface area contributed by atoms with E-state index in [9.17, 15) is 24.0 Å². The number of nitrogens with one attached hydrogen (secondary N) is 3. The average molecular weight is 574 g/mol. The second kappa shape index (κ2) is 12.9. The fraction of sp³-hybridized carbons (Fsp3) is 0.481. The number of nitrogens with zero attached hydrogens (tertiary/aromatic N) is 2. The minimum atomic E-state index is -1.02. The van der Waals surface area contributed by atoms with Gasteiger partial charge >= 0.3 is 11.9 Å². The number of amides is 2. The van der Waals surface area contributed by atoms with Gasteiger partial charge in [0.05, 0.1) is 29.5 Å². The van der Waals surface area contributed by atoms with Gasteiger partial charge in [-0.2, -0.15) is 0 Å². The summed E-state index contributed by atoms with van der Waals surface area (Å²) in [5.74, 6) is -1.45. The molecule has 13 heteroatoms. The molecular weight excluding hydrogens is 538 g/mol. The summed E-state index contributed by atoms with van der Waals surface area (Å²) in [6, 6.07) is 1.71. The molecule has 0 aromatic carbocycles. The number of hydrogen-bond donors (Lipinski definition) is 3. The molecule has 0 saturated heterocycles. The number of aromatic amines is 1. The number of anilines is 1. The van der Waals surface area contributed by atoms with Crippen LogP contribution in [0, 0.1) is 5.41 Å². The minimum absolute atomic E-state index is 0.0357. The van der Waals surface area contributed by atoms with Gasteiger partial charge in [0, 0.05) is 11.8 Å². The molecule has 0 aliphatic carbocycles. The van der Waals surface area contributed by atoms with Crippen LogP contribution in [0.15, 0.2) is 28.6 Å². The normalized spacial score (nSPS) is 12.9. The van der Waals surface area contributed by atoms with E-state index in [2.05, 4.69) is 20.6 Å². The number of thiophene rings is 1. The van der Waals surface area contributed by atoms with Crippen molar-refractivity contribution in [1.29, 1.82) is 0 Å². The highest BCUT2D eigenvalue weighted by Crippen LogP contribution is 2.25. The van der Waals surface area contributed by atoms with Crippen molar-refractivity contribution in [2.75, 3.05) is 18.5 Å². The summed E-state index contributed by atoms with van der Waals surface area (Å²) in [4.78, 5) is 70.3.